The van der Waals surface area contributed by atoms with Crippen LogP contribution in [0.25, 0.3) is 106 Å². The summed E-state index contributed by atoms with van der Waals surface area (Å²) in [5.41, 5.74) is 7.02. The number of nitrogens with zero attached hydrogens (tertiary/aromatic N) is 4. The largest absolute Gasteiger partial charge is 0.456 e. The zero-order valence-electron chi connectivity index (χ0n) is 31.7. The van der Waals surface area contributed by atoms with Crippen molar-refractivity contribution in [2.45, 2.75) is 0 Å². The van der Waals surface area contributed by atoms with Crippen LogP contribution in [0.2, 0.25) is 0 Å². The minimum Gasteiger partial charge on any atom is -0.456 e. The van der Waals surface area contributed by atoms with Gasteiger partial charge in [-0.15, -0.1) is 0 Å². The fraction of sp³-hybridized carbons (Fsp3) is 0. The molecule has 0 aliphatic rings. The summed E-state index contributed by atoms with van der Waals surface area (Å²) in [6, 6.07) is 39.7. The summed E-state index contributed by atoms with van der Waals surface area (Å²) in [6.45, 7) is 0. The monoisotopic (exact) mass is 659 g/mol. The fourth-order valence-electron chi connectivity index (χ4n) is 7.30. The third-order valence-electron chi connectivity index (χ3n) is 9.55. The van der Waals surface area contributed by atoms with Crippen LogP contribution >= 0.6 is 0 Å². The van der Waals surface area contributed by atoms with Gasteiger partial charge < -0.3 is 13.4 Å². The fourth-order valence-corrected chi connectivity index (χ4v) is 7.30. The summed E-state index contributed by atoms with van der Waals surface area (Å²) in [5.74, 6) is 0.480. The van der Waals surface area contributed by atoms with Gasteiger partial charge in [0.25, 0.3) is 0 Å². The molecule has 0 saturated heterocycles. The van der Waals surface area contributed by atoms with Crippen LogP contribution in [0.3, 0.4) is 0 Å². The van der Waals surface area contributed by atoms with E-state index in [-0.39, 0.29) is 23.0 Å². The highest BCUT2D eigenvalue weighted by Crippen LogP contribution is 2.39. The second-order valence-corrected chi connectivity index (χ2v) is 12.4. The van der Waals surface area contributed by atoms with E-state index in [9.17, 15) is 0 Å². The molecule has 0 spiro atoms. The highest BCUT2D eigenvalue weighted by molar-refractivity contribution is 6.13. The zero-order valence-corrected chi connectivity index (χ0v) is 26.7. The summed E-state index contributed by atoms with van der Waals surface area (Å²) in [7, 11) is 0. The van der Waals surface area contributed by atoms with Crippen LogP contribution in [-0.2, 0) is 0 Å². The highest BCUT2D eigenvalue weighted by Gasteiger charge is 2.20. The van der Waals surface area contributed by atoms with E-state index in [1.54, 1.807) is 0 Å². The van der Waals surface area contributed by atoms with E-state index < -0.39 is 30.2 Å². The molecule has 4 heterocycles. The molecule has 51 heavy (non-hydrogen) atoms. The second-order valence-electron chi connectivity index (χ2n) is 12.4. The van der Waals surface area contributed by atoms with Crippen molar-refractivity contribution >= 4 is 65.7 Å². The molecule has 0 aliphatic carbocycles. The summed E-state index contributed by atoms with van der Waals surface area (Å²) >= 11 is 0. The molecule has 4 aromatic heterocycles. The number of hydrogen-bond acceptors (Lipinski definition) is 5. The van der Waals surface area contributed by atoms with Gasteiger partial charge in [-0.25, -0.2) is 15.0 Å². The number of hydrogen-bond donors (Lipinski definition) is 0. The van der Waals surface area contributed by atoms with Crippen molar-refractivity contribution in [2.24, 2.45) is 0 Å². The molecular formula is C45H26N4O2. The molecule has 0 radical (unpaired) electrons. The minimum absolute atomic E-state index is 0.0439. The molecule has 0 aliphatic heterocycles. The minimum atomic E-state index is -0.495. The molecule has 0 atom stereocenters. The Morgan fingerprint density at radius 1 is 0.451 bits per heavy atom. The molecule has 7 aromatic carbocycles. The lowest BCUT2D eigenvalue weighted by Crippen LogP contribution is -2.00. The molecule has 0 fully saturated rings. The van der Waals surface area contributed by atoms with Crippen LogP contribution in [0.15, 0.2) is 166 Å². The lowest BCUT2D eigenvalue weighted by Gasteiger charge is -2.09. The van der Waals surface area contributed by atoms with Crippen LogP contribution in [0.4, 0.5) is 0 Å². The van der Waals surface area contributed by atoms with E-state index in [0.29, 0.717) is 27.9 Å². The number of aromatic nitrogens is 4. The van der Waals surface area contributed by atoms with Gasteiger partial charge in [0.2, 0.25) is 0 Å². The maximum Gasteiger partial charge on any atom is 0.164 e. The molecule has 0 N–H and O–H groups in total. The van der Waals surface area contributed by atoms with Gasteiger partial charge in [0.05, 0.1) is 17.9 Å². The molecule has 0 amide bonds. The second kappa shape index (κ2) is 10.7. The van der Waals surface area contributed by atoms with Gasteiger partial charge in [0, 0.05) is 60.8 Å². The van der Waals surface area contributed by atoms with E-state index in [4.69, 9.17) is 30.6 Å². The van der Waals surface area contributed by atoms with Crippen LogP contribution in [0.5, 0.6) is 0 Å². The summed E-state index contributed by atoms with van der Waals surface area (Å²) in [6.07, 6.45) is 0. The van der Waals surface area contributed by atoms with E-state index in [2.05, 4.69) is 47.0 Å². The van der Waals surface area contributed by atoms with Crippen LogP contribution in [0, 0.1) is 0 Å². The number of furan rings is 2. The molecule has 238 valence electrons. The molecule has 0 unspecified atom stereocenters. The maximum atomic E-state index is 8.79. The Kier molecular flexibility index (Phi) is 4.91. The number of benzene rings is 7. The van der Waals surface area contributed by atoms with Gasteiger partial charge in [-0.05, 0) is 54.6 Å². The molecule has 11 rings (SSSR count). The van der Waals surface area contributed by atoms with E-state index >= 15 is 0 Å². The Balaban J connectivity index is 1.15. The Morgan fingerprint density at radius 3 is 1.90 bits per heavy atom. The van der Waals surface area contributed by atoms with Crippen molar-refractivity contribution in [3.05, 3.63) is 158 Å². The first kappa shape index (κ1) is 23.3. The number of rotatable bonds is 4. The number of para-hydroxylation sites is 3. The van der Waals surface area contributed by atoms with Gasteiger partial charge in [-0.3, -0.25) is 0 Å². The summed E-state index contributed by atoms with van der Waals surface area (Å²) in [5, 5.41) is 5.74. The normalized spacial score (nSPS) is 13.3. The predicted octanol–water partition coefficient (Wildman–Crippen LogP) is 11.8. The molecule has 0 saturated carbocycles. The third-order valence-corrected chi connectivity index (χ3v) is 9.55. The maximum absolute atomic E-state index is 8.79. The Hall–Kier alpha value is -7.05. The van der Waals surface area contributed by atoms with E-state index in [0.717, 1.165) is 54.6 Å². The molecule has 6 nitrogen and oxygen atoms in total. The molecular weight excluding hydrogens is 629 g/mol. The quantitative estimate of drug-likeness (QED) is 0.188. The summed E-state index contributed by atoms with van der Waals surface area (Å²) in [4.78, 5) is 14.6. The van der Waals surface area contributed by atoms with Crippen molar-refractivity contribution in [1.82, 2.24) is 19.5 Å². The van der Waals surface area contributed by atoms with Crippen LogP contribution in [0.1, 0.15) is 6.85 Å². The Labute approximate surface area is 297 Å². The van der Waals surface area contributed by atoms with Crippen molar-refractivity contribution in [1.29, 1.82) is 0 Å². The average Bonchev–Trinajstić information content (AvgIpc) is 3.91. The van der Waals surface area contributed by atoms with Gasteiger partial charge in [0.15, 0.2) is 17.5 Å². The topological polar surface area (TPSA) is 69.9 Å². The van der Waals surface area contributed by atoms with Crippen molar-refractivity contribution in [2.75, 3.05) is 0 Å². The molecule has 11 aromatic rings. The van der Waals surface area contributed by atoms with Gasteiger partial charge >= 0.3 is 0 Å². The molecule has 6 heteroatoms. The van der Waals surface area contributed by atoms with Gasteiger partial charge in [-0.2, -0.15) is 0 Å². The lowest BCUT2D eigenvalue weighted by atomic mass is 10.0. The van der Waals surface area contributed by atoms with E-state index in [1.807, 2.05) is 84.9 Å². The third kappa shape index (κ3) is 4.26. The smallest absolute Gasteiger partial charge is 0.164 e. The van der Waals surface area contributed by atoms with Gasteiger partial charge in [-0.1, -0.05) is 96.9 Å². The van der Waals surface area contributed by atoms with Crippen LogP contribution in [-0.4, -0.2) is 19.5 Å². The average molecular weight is 660 g/mol. The summed E-state index contributed by atoms with van der Waals surface area (Å²) < 4.78 is 57.4. The van der Waals surface area contributed by atoms with Crippen molar-refractivity contribution in [3.8, 4) is 39.9 Å². The highest BCUT2D eigenvalue weighted by atomic mass is 16.3. The standard InChI is InChI=1S/C45H26N4O2/c1-2-11-27(12-3-1)43-46-44(28-21-24-39-35(25-28)32-15-6-9-19-38(32)50-39)48-45(47-43)34-16-10-20-40-42(34)33-23-22-29(26-41(33)51-40)49-36-17-7-4-13-30(36)31-14-5-8-18-37(31)49/h1-26H/i1D,2D,3D,11D,12D. The first-order valence-electron chi connectivity index (χ1n) is 19.0. The van der Waals surface area contributed by atoms with Crippen LogP contribution < -0.4 is 0 Å². The predicted molar refractivity (Wildman–Crippen MR) is 205 cm³/mol. The first-order chi connectivity index (χ1) is 27.3. The zero-order chi connectivity index (χ0) is 37.8. The lowest BCUT2D eigenvalue weighted by molar-refractivity contribution is 0.668. The van der Waals surface area contributed by atoms with E-state index in [1.165, 1.54) is 0 Å². The Morgan fingerprint density at radius 2 is 1.10 bits per heavy atom. The molecule has 0 bridgehead atoms. The first-order valence-corrected chi connectivity index (χ1v) is 16.5. The Bertz CT molecular complexity index is 3380. The van der Waals surface area contributed by atoms with Crippen molar-refractivity contribution < 1.29 is 15.7 Å². The number of fused-ring (bicyclic) bond motifs is 9. The van der Waals surface area contributed by atoms with Gasteiger partial charge in [0.1, 0.15) is 22.3 Å². The van der Waals surface area contributed by atoms with Crippen molar-refractivity contribution in [3.63, 3.8) is 0 Å². The SMILES string of the molecule is [2H]c1c([2H])c([2H])c(-c2nc(-c3ccc4oc5ccccc5c4c3)nc(-c3cccc4oc5cc(-n6c7ccccc7c7ccccc76)ccc5c34)n2)c([2H])c1[2H].